The summed E-state index contributed by atoms with van der Waals surface area (Å²) >= 11 is 6.12. The maximum absolute atomic E-state index is 12.7. The first-order valence-electron chi connectivity index (χ1n) is 7.94. The van der Waals surface area contributed by atoms with Gasteiger partial charge in [-0.1, -0.05) is 55.8 Å². The van der Waals surface area contributed by atoms with Gasteiger partial charge in [0.2, 0.25) is 5.91 Å². The smallest absolute Gasteiger partial charge is 0.246 e. The number of hydrogen-bond acceptors (Lipinski definition) is 3. The van der Waals surface area contributed by atoms with Crippen LogP contribution in [-0.2, 0) is 4.79 Å². The summed E-state index contributed by atoms with van der Waals surface area (Å²) in [6.07, 6.45) is 0. The van der Waals surface area contributed by atoms with Crippen LogP contribution in [0.4, 0.5) is 5.69 Å². The van der Waals surface area contributed by atoms with E-state index in [4.69, 9.17) is 16.3 Å². The fourth-order valence-electron chi connectivity index (χ4n) is 2.32. The van der Waals surface area contributed by atoms with Gasteiger partial charge < -0.3 is 15.4 Å². The van der Waals surface area contributed by atoms with Crippen LogP contribution in [0, 0.1) is 5.92 Å². The molecule has 0 fully saturated rings. The van der Waals surface area contributed by atoms with Crippen LogP contribution in [0.25, 0.3) is 0 Å². The molecule has 128 valence electrons. The molecule has 0 unspecified atom stereocenters. The SMILES string of the molecule is COc1ccc(NC(=O)[C@@H](NCC(C)C)c2ccccc2)cc1Cl. The quantitative estimate of drug-likeness (QED) is 0.787. The van der Waals surface area contributed by atoms with Gasteiger partial charge in [0.25, 0.3) is 0 Å². The van der Waals surface area contributed by atoms with Crippen molar-refractivity contribution in [1.29, 1.82) is 0 Å². The Kier molecular flexibility index (Phi) is 6.64. The number of methoxy groups -OCH3 is 1. The number of carbonyl (C=O) groups excluding carboxylic acids is 1. The third-order valence-corrected chi connectivity index (χ3v) is 3.84. The fourth-order valence-corrected chi connectivity index (χ4v) is 2.58. The third-order valence-electron chi connectivity index (χ3n) is 3.54. The van der Waals surface area contributed by atoms with E-state index in [1.54, 1.807) is 25.3 Å². The molecule has 0 aliphatic heterocycles. The van der Waals surface area contributed by atoms with E-state index in [1.165, 1.54) is 0 Å². The Morgan fingerprint density at radius 2 is 1.88 bits per heavy atom. The summed E-state index contributed by atoms with van der Waals surface area (Å²) in [7, 11) is 1.56. The lowest BCUT2D eigenvalue weighted by atomic mass is 10.0. The van der Waals surface area contributed by atoms with Gasteiger partial charge >= 0.3 is 0 Å². The molecule has 0 aromatic heterocycles. The highest BCUT2D eigenvalue weighted by molar-refractivity contribution is 6.32. The predicted molar refractivity (Wildman–Crippen MR) is 98.7 cm³/mol. The molecule has 2 rings (SSSR count). The monoisotopic (exact) mass is 346 g/mol. The van der Waals surface area contributed by atoms with Crippen LogP contribution in [0.15, 0.2) is 48.5 Å². The number of hydrogen-bond donors (Lipinski definition) is 2. The molecule has 5 heteroatoms. The molecular formula is C19H23ClN2O2. The van der Waals surface area contributed by atoms with Crippen molar-refractivity contribution in [3.8, 4) is 5.75 Å². The standard InChI is InChI=1S/C19H23ClN2O2/c1-13(2)12-21-18(14-7-5-4-6-8-14)19(23)22-15-9-10-17(24-3)16(20)11-15/h4-11,13,18,21H,12H2,1-3H3,(H,22,23)/t18-/m0/s1. The van der Waals surface area contributed by atoms with Crippen LogP contribution in [0.5, 0.6) is 5.75 Å². The number of carbonyl (C=O) groups is 1. The lowest BCUT2D eigenvalue weighted by Crippen LogP contribution is -2.35. The highest BCUT2D eigenvalue weighted by atomic mass is 35.5. The lowest BCUT2D eigenvalue weighted by molar-refractivity contribution is -0.118. The molecule has 0 spiro atoms. The minimum absolute atomic E-state index is 0.122. The van der Waals surface area contributed by atoms with Gasteiger partial charge in [0, 0.05) is 5.69 Å². The first-order chi connectivity index (χ1) is 11.5. The van der Waals surface area contributed by atoms with Crippen molar-refractivity contribution >= 4 is 23.2 Å². The largest absolute Gasteiger partial charge is 0.495 e. The second kappa shape index (κ2) is 8.71. The number of ether oxygens (including phenoxy) is 1. The normalized spacial score (nSPS) is 12.0. The number of halogens is 1. The Labute approximate surface area is 148 Å². The van der Waals surface area contributed by atoms with E-state index in [1.807, 2.05) is 30.3 Å². The minimum atomic E-state index is -0.422. The van der Waals surface area contributed by atoms with Gasteiger partial charge in [0.05, 0.1) is 12.1 Å². The summed E-state index contributed by atoms with van der Waals surface area (Å²) in [5.41, 5.74) is 1.56. The number of benzene rings is 2. The molecule has 2 aromatic carbocycles. The summed E-state index contributed by atoms with van der Waals surface area (Å²) < 4.78 is 5.13. The molecule has 1 atom stereocenters. The lowest BCUT2D eigenvalue weighted by Gasteiger charge is -2.20. The van der Waals surface area contributed by atoms with E-state index in [0.717, 1.165) is 12.1 Å². The van der Waals surface area contributed by atoms with Gasteiger partial charge in [0.15, 0.2) is 0 Å². The molecule has 0 aliphatic rings. The molecule has 0 saturated heterocycles. The summed E-state index contributed by atoms with van der Waals surface area (Å²) in [6.45, 7) is 4.96. The fraction of sp³-hybridized carbons (Fsp3) is 0.316. The molecule has 2 N–H and O–H groups in total. The van der Waals surface area contributed by atoms with Gasteiger partial charge in [-0.15, -0.1) is 0 Å². The van der Waals surface area contributed by atoms with E-state index in [9.17, 15) is 4.79 Å². The van der Waals surface area contributed by atoms with Crippen molar-refractivity contribution in [3.63, 3.8) is 0 Å². The van der Waals surface area contributed by atoms with E-state index in [-0.39, 0.29) is 5.91 Å². The molecule has 0 radical (unpaired) electrons. The summed E-state index contributed by atoms with van der Waals surface area (Å²) in [4.78, 5) is 12.7. The second-order valence-electron chi connectivity index (χ2n) is 5.98. The molecule has 1 amide bonds. The molecule has 24 heavy (non-hydrogen) atoms. The minimum Gasteiger partial charge on any atom is -0.495 e. The Balaban J connectivity index is 2.16. The zero-order chi connectivity index (χ0) is 17.5. The van der Waals surface area contributed by atoms with Crippen LogP contribution in [0.2, 0.25) is 5.02 Å². The van der Waals surface area contributed by atoms with Crippen LogP contribution >= 0.6 is 11.6 Å². The predicted octanol–water partition coefficient (Wildman–Crippen LogP) is 4.27. The van der Waals surface area contributed by atoms with Gasteiger partial charge in [-0.2, -0.15) is 0 Å². The maximum Gasteiger partial charge on any atom is 0.246 e. The average molecular weight is 347 g/mol. The average Bonchev–Trinajstić information content (AvgIpc) is 2.56. The van der Waals surface area contributed by atoms with Gasteiger partial charge in [-0.3, -0.25) is 4.79 Å². The van der Waals surface area contributed by atoms with Crippen molar-refractivity contribution in [2.75, 3.05) is 19.0 Å². The number of anilines is 1. The molecule has 2 aromatic rings. The van der Waals surface area contributed by atoms with Gasteiger partial charge in [-0.25, -0.2) is 0 Å². The van der Waals surface area contributed by atoms with Gasteiger partial charge in [0.1, 0.15) is 11.8 Å². The number of rotatable bonds is 7. The van der Waals surface area contributed by atoms with Gasteiger partial charge in [-0.05, 0) is 36.2 Å². The van der Waals surface area contributed by atoms with E-state index in [0.29, 0.717) is 22.4 Å². The highest BCUT2D eigenvalue weighted by Crippen LogP contribution is 2.27. The van der Waals surface area contributed by atoms with E-state index >= 15 is 0 Å². The molecular weight excluding hydrogens is 324 g/mol. The molecule has 0 saturated carbocycles. The first-order valence-corrected chi connectivity index (χ1v) is 8.31. The molecule has 0 bridgehead atoms. The summed E-state index contributed by atoms with van der Waals surface area (Å²) in [5, 5.41) is 6.70. The third kappa shape index (κ3) is 4.98. The first kappa shape index (κ1) is 18.3. The summed E-state index contributed by atoms with van der Waals surface area (Å²) in [6, 6.07) is 14.4. The van der Waals surface area contributed by atoms with Crippen LogP contribution < -0.4 is 15.4 Å². The summed E-state index contributed by atoms with van der Waals surface area (Å²) in [5.74, 6) is 0.898. The highest BCUT2D eigenvalue weighted by Gasteiger charge is 2.20. The van der Waals surface area contributed by atoms with Crippen LogP contribution in [0.1, 0.15) is 25.5 Å². The van der Waals surface area contributed by atoms with E-state index in [2.05, 4.69) is 24.5 Å². The number of amides is 1. The van der Waals surface area contributed by atoms with Crippen molar-refractivity contribution in [2.24, 2.45) is 5.92 Å². The molecule has 4 nitrogen and oxygen atoms in total. The molecule has 0 heterocycles. The Hall–Kier alpha value is -2.04. The Morgan fingerprint density at radius 3 is 2.46 bits per heavy atom. The van der Waals surface area contributed by atoms with Crippen molar-refractivity contribution in [2.45, 2.75) is 19.9 Å². The van der Waals surface area contributed by atoms with Crippen molar-refractivity contribution in [3.05, 3.63) is 59.1 Å². The maximum atomic E-state index is 12.7. The topological polar surface area (TPSA) is 50.4 Å². The zero-order valence-electron chi connectivity index (χ0n) is 14.2. The van der Waals surface area contributed by atoms with E-state index < -0.39 is 6.04 Å². The number of nitrogens with one attached hydrogen (secondary N) is 2. The molecule has 0 aliphatic carbocycles. The second-order valence-corrected chi connectivity index (χ2v) is 6.39. The van der Waals surface area contributed by atoms with Crippen LogP contribution in [-0.4, -0.2) is 19.6 Å². The van der Waals surface area contributed by atoms with Crippen LogP contribution in [0.3, 0.4) is 0 Å². The zero-order valence-corrected chi connectivity index (χ0v) is 14.9. The Morgan fingerprint density at radius 1 is 1.17 bits per heavy atom. The van der Waals surface area contributed by atoms with Crippen molar-refractivity contribution in [1.82, 2.24) is 5.32 Å². The Bertz CT molecular complexity index is 674. The van der Waals surface area contributed by atoms with Crippen molar-refractivity contribution < 1.29 is 9.53 Å².